The van der Waals surface area contributed by atoms with Gasteiger partial charge in [-0.1, -0.05) is 12.1 Å². The van der Waals surface area contributed by atoms with Crippen molar-refractivity contribution >= 4 is 22.8 Å². The highest BCUT2D eigenvalue weighted by atomic mass is 16.6. The van der Waals surface area contributed by atoms with Gasteiger partial charge >= 0.3 is 0 Å². The van der Waals surface area contributed by atoms with Crippen LogP contribution in [0.25, 0.3) is 11.2 Å². The van der Waals surface area contributed by atoms with Crippen molar-refractivity contribution < 1.29 is 24.6 Å². The maximum Gasteiger partial charge on any atom is 0.269 e. The zero-order chi connectivity index (χ0) is 21.3. The van der Waals surface area contributed by atoms with Crippen molar-refractivity contribution in [1.29, 1.82) is 0 Å². The largest absolute Gasteiger partial charge is 0.476 e. The molecule has 1 aromatic carbocycles. The third-order valence-corrected chi connectivity index (χ3v) is 4.88. The Hall–Kier alpha value is -3.35. The summed E-state index contributed by atoms with van der Waals surface area (Å²) in [6, 6.07) is 6.21. The lowest BCUT2D eigenvalue weighted by Crippen LogP contribution is -2.24. The number of hydrogen-bond acceptors (Lipinski definition) is 10. The Labute approximate surface area is 170 Å². The molecule has 0 saturated carbocycles. The molecule has 3 atom stereocenters. The SMILES string of the molecule is Nc1nc(OCCc2ccc([N+](=O)[O-])cc2)c2ncn([C@H]3C[C@@H](O)[C@@H](CO)O3)c2n1. The van der Waals surface area contributed by atoms with Gasteiger partial charge in [-0.3, -0.25) is 14.7 Å². The number of nitro benzene ring substituents is 1. The van der Waals surface area contributed by atoms with Gasteiger partial charge in [0.1, 0.15) is 12.3 Å². The van der Waals surface area contributed by atoms with Gasteiger partial charge in [-0.25, -0.2) is 4.98 Å². The zero-order valence-corrected chi connectivity index (χ0v) is 15.8. The van der Waals surface area contributed by atoms with Crippen molar-refractivity contribution in [2.75, 3.05) is 18.9 Å². The van der Waals surface area contributed by atoms with Crippen LogP contribution in [-0.2, 0) is 11.2 Å². The minimum absolute atomic E-state index is 0.00756. The third kappa shape index (κ3) is 3.87. The van der Waals surface area contributed by atoms with Crippen molar-refractivity contribution in [3.05, 3.63) is 46.3 Å². The Morgan fingerprint density at radius 3 is 2.77 bits per heavy atom. The van der Waals surface area contributed by atoms with E-state index in [9.17, 15) is 20.3 Å². The van der Waals surface area contributed by atoms with E-state index < -0.39 is 23.4 Å². The molecule has 12 heteroatoms. The number of aromatic nitrogens is 4. The molecule has 12 nitrogen and oxygen atoms in total. The summed E-state index contributed by atoms with van der Waals surface area (Å²) in [5, 5.41) is 30.0. The van der Waals surface area contributed by atoms with E-state index in [0.717, 1.165) is 5.56 Å². The quantitative estimate of drug-likeness (QED) is 0.365. The van der Waals surface area contributed by atoms with E-state index in [2.05, 4.69) is 15.0 Å². The van der Waals surface area contributed by atoms with Crippen LogP contribution in [-0.4, -0.2) is 60.1 Å². The van der Waals surface area contributed by atoms with Gasteiger partial charge in [-0.15, -0.1) is 0 Å². The number of imidazole rings is 1. The van der Waals surface area contributed by atoms with E-state index in [1.807, 2.05) is 0 Å². The van der Waals surface area contributed by atoms with E-state index in [1.165, 1.54) is 18.5 Å². The summed E-state index contributed by atoms with van der Waals surface area (Å²) in [4.78, 5) is 22.9. The Balaban J connectivity index is 1.49. The van der Waals surface area contributed by atoms with E-state index >= 15 is 0 Å². The summed E-state index contributed by atoms with van der Waals surface area (Å²) in [6.07, 6.45) is 0.249. The van der Waals surface area contributed by atoms with Crippen molar-refractivity contribution in [3.8, 4) is 5.88 Å². The molecular weight excluding hydrogens is 396 g/mol. The number of ether oxygens (including phenoxy) is 2. The topological polar surface area (TPSA) is 172 Å². The summed E-state index contributed by atoms with van der Waals surface area (Å²) in [5.41, 5.74) is 7.50. The molecule has 30 heavy (non-hydrogen) atoms. The molecule has 0 radical (unpaired) electrons. The second-order valence-corrected chi connectivity index (χ2v) is 6.85. The minimum Gasteiger partial charge on any atom is -0.476 e. The Morgan fingerprint density at radius 2 is 2.10 bits per heavy atom. The van der Waals surface area contributed by atoms with E-state index in [1.54, 1.807) is 16.7 Å². The van der Waals surface area contributed by atoms with Crippen LogP contribution in [0.2, 0.25) is 0 Å². The standard InChI is InChI=1S/C18H20N6O6/c19-18-21-16-15(20-9-23(16)14-7-12(26)13(8-25)30-14)17(22-18)29-6-5-10-1-3-11(4-2-10)24(27)28/h1-4,9,12-14,25-26H,5-8H2,(H2,19,21,22)/t12-,13-,14-/m1/s1. The maximum atomic E-state index is 10.7. The third-order valence-electron chi connectivity index (χ3n) is 4.88. The zero-order valence-electron chi connectivity index (χ0n) is 15.8. The highest BCUT2D eigenvalue weighted by molar-refractivity contribution is 5.77. The lowest BCUT2D eigenvalue weighted by atomic mass is 10.1. The first kappa shape index (κ1) is 19.9. The summed E-state index contributed by atoms with van der Waals surface area (Å²) < 4.78 is 13.0. The maximum absolute atomic E-state index is 10.7. The number of rotatable bonds is 7. The van der Waals surface area contributed by atoms with Gasteiger partial charge in [0.2, 0.25) is 11.8 Å². The molecule has 0 unspecified atom stereocenters. The molecule has 4 rings (SSSR count). The van der Waals surface area contributed by atoms with Crippen molar-refractivity contribution in [3.63, 3.8) is 0 Å². The Kier molecular flexibility index (Phi) is 5.44. The van der Waals surface area contributed by atoms with Gasteiger partial charge in [0, 0.05) is 25.0 Å². The first-order valence-electron chi connectivity index (χ1n) is 9.27. The fourth-order valence-corrected chi connectivity index (χ4v) is 3.32. The lowest BCUT2D eigenvalue weighted by Gasteiger charge is -2.14. The van der Waals surface area contributed by atoms with Crippen LogP contribution < -0.4 is 10.5 Å². The molecule has 3 heterocycles. The number of benzene rings is 1. The number of anilines is 1. The van der Waals surface area contributed by atoms with Gasteiger partial charge in [-0.05, 0) is 5.56 Å². The highest BCUT2D eigenvalue weighted by Gasteiger charge is 2.35. The first-order chi connectivity index (χ1) is 14.5. The fraction of sp³-hybridized carbons (Fsp3) is 0.389. The summed E-state index contributed by atoms with van der Waals surface area (Å²) in [5.74, 6) is 0.197. The molecule has 1 fully saturated rings. The number of nitrogens with zero attached hydrogens (tertiary/aromatic N) is 5. The van der Waals surface area contributed by atoms with Crippen molar-refractivity contribution in [1.82, 2.24) is 19.5 Å². The molecule has 1 aliphatic heterocycles. The smallest absolute Gasteiger partial charge is 0.269 e. The van der Waals surface area contributed by atoms with Crippen LogP contribution in [0.5, 0.6) is 5.88 Å². The number of nitrogen functional groups attached to an aromatic ring is 1. The van der Waals surface area contributed by atoms with Crippen molar-refractivity contribution in [2.24, 2.45) is 0 Å². The monoisotopic (exact) mass is 416 g/mol. The van der Waals surface area contributed by atoms with Gasteiger partial charge in [-0.2, -0.15) is 9.97 Å². The molecule has 2 aromatic heterocycles. The minimum atomic E-state index is -0.797. The van der Waals surface area contributed by atoms with Gasteiger partial charge < -0.3 is 25.4 Å². The van der Waals surface area contributed by atoms with E-state index in [0.29, 0.717) is 17.6 Å². The molecule has 0 aliphatic carbocycles. The predicted molar refractivity (Wildman–Crippen MR) is 104 cm³/mol. The van der Waals surface area contributed by atoms with E-state index in [4.69, 9.17) is 15.2 Å². The molecule has 0 spiro atoms. The van der Waals surface area contributed by atoms with Crippen LogP contribution in [0.3, 0.4) is 0 Å². The number of aliphatic hydroxyl groups is 2. The molecule has 1 saturated heterocycles. The summed E-state index contributed by atoms with van der Waals surface area (Å²) >= 11 is 0. The number of nitro groups is 1. The number of nitrogens with two attached hydrogens (primary N) is 1. The average molecular weight is 416 g/mol. The Morgan fingerprint density at radius 1 is 1.33 bits per heavy atom. The molecule has 1 aliphatic rings. The number of non-ortho nitro benzene ring substituents is 1. The van der Waals surface area contributed by atoms with Crippen LogP contribution >= 0.6 is 0 Å². The molecule has 158 valence electrons. The molecule has 0 amide bonds. The van der Waals surface area contributed by atoms with Crippen LogP contribution in [0.4, 0.5) is 11.6 Å². The van der Waals surface area contributed by atoms with Crippen molar-refractivity contribution in [2.45, 2.75) is 31.3 Å². The molecular formula is C18H20N6O6. The molecule has 3 aromatic rings. The number of aliphatic hydroxyl groups excluding tert-OH is 2. The van der Waals surface area contributed by atoms with Crippen LogP contribution in [0, 0.1) is 10.1 Å². The summed E-state index contributed by atoms with van der Waals surface area (Å²) in [6.45, 7) is -0.0418. The van der Waals surface area contributed by atoms with Crippen LogP contribution in [0.15, 0.2) is 30.6 Å². The van der Waals surface area contributed by atoms with E-state index in [-0.39, 0.29) is 37.2 Å². The second-order valence-electron chi connectivity index (χ2n) is 6.85. The fourth-order valence-electron chi connectivity index (χ4n) is 3.32. The first-order valence-corrected chi connectivity index (χ1v) is 9.27. The Bertz CT molecular complexity index is 1060. The lowest BCUT2D eigenvalue weighted by molar-refractivity contribution is -0.384. The van der Waals surface area contributed by atoms with Crippen LogP contribution in [0.1, 0.15) is 18.2 Å². The summed E-state index contributed by atoms with van der Waals surface area (Å²) in [7, 11) is 0. The van der Waals surface area contributed by atoms with Gasteiger partial charge in [0.25, 0.3) is 5.69 Å². The van der Waals surface area contributed by atoms with Gasteiger partial charge in [0.05, 0.1) is 30.6 Å². The number of fused-ring (bicyclic) bond motifs is 1. The molecule has 4 N–H and O–H groups in total. The normalized spacial score (nSPS) is 21.2. The predicted octanol–water partition coefficient (Wildman–Crippen LogP) is 0.579. The average Bonchev–Trinajstić information content (AvgIpc) is 3.31. The molecule has 0 bridgehead atoms. The second kappa shape index (κ2) is 8.18. The van der Waals surface area contributed by atoms with Gasteiger partial charge in [0.15, 0.2) is 11.2 Å². The number of hydrogen-bond donors (Lipinski definition) is 3. The highest BCUT2D eigenvalue weighted by Crippen LogP contribution is 2.32.